The summed E-state index contributed by atoms with van der Waals surface area (Å²) in [6, 6.07) is 5.29. The van der Waals surface area contributed by atoms with Gasteiger partial charge < -0.3 is 14.5 Å². The lowest BCUT2D eigenvalue weighted by molar-refractivity contribution is -0.151. The van der Waals surface area contributed by atoms with Crippen molar-refractivity contribution in [3.05, 3.63) is 42.2 Å². The number of rotatable bonds is 3. The molecule has 0 N–H and O–H groups in total. The molecular formula is C16H19N3O3. The number of carbonyl (C=O) groups excluding carboxylic acids is 2. The zero-order valence-electron chi connectivity index (χ0n) is 12.6. The Hall–Kier alpha value is -2.21. The number of aryl methyl sites for hydroxylation is 1. The molecule has 0 radical (unpaired) electrons. The Morgan fingerprint density at radius 1 is 1.50 bits per heavy atom. The zero-order valence-corrected chi connectivity index (χ0v) is 12.6. The van der Waals surface area contributed by atoms with Gasteiger partial charge in [-0.1, -0.05) is 12.1 Å². The fourth-order valence-corrected chi connectivity index (χ4v) is 3.03. The zero-order chi connectivity index (χ0) is 15.7. The lowest BCUT2D eigenvalue weighted by Gasteiger charge is -2.35. The number of fused-ring (bicyclic) bond motifs is 1. The SMILES string of the molecule is C=CCN1C(=O)CO[C@H]2CN(C(=O)c3cccc(C)n3)C[C@@H]21. The van der Waals surface area contributed by atoms with E-state index in [1.165, 1.54) is 0 Å². The average Bonchev–Trinajstić information content (AvgIpc) is 2.94. The Labute approximate surface area is 129 Å². The van der Waals surface area contributed by atoms with Crippen molar-refractivity contribution in [1.29, 1.82) is 0 Å². The number of hydrogen-bond acceptors (Lipinski definition) is 4. The van der Waals surface area contributed by atoms with E-state index in [-0.39, 0.29) is 30.6 Å². The number of ether oxygens (including phenoxy) is 1. The van der Waals surface area contributed by atoms with E-state index < -0.39 is 0 Å². The molecular weight excluding hydrogens is 282 g/mol. The quantitative estimate of drug-likeness (QED) is 0.768. The molecule has 0 spiro atoms. The molecule has 2 saturated heterocycles. The molecule has 2 amide bonds. The van der Waals surface area contributed by atoms with Crippen LogP contribution < -0.4 is 0 Å². The minimum Gasteiger partial charge on any atom is -0.364 e. The smallest absolute Gasteiger partial charge is 0.272 e. The fourth-order valence-electron chi connectivity index (χ4n) is 3.03. The van der Waals surface area contributed by atoms with Gasteiger partial charge in [-0.25, -0.2) is 4.98 Å². The van der Waals surface area contributed by atoms with E-state index in [0.29, 0.717) is 25.3 Å². The van der Waals surface area contributed by atoms with Crippen LogP contribution in [0.2, 0.25) is 0 Å². The average molecular weight is 301 g/mol. The molecule has 0 unspecified atom stereocenters. The van der Waals surface area contributed by atoms with Gasteiger partial charge in [0, 0.05) is 25.3 Å². The first-order chi connectivity index (χ1) is 10.6. The van der Waals surface area contributed by atoms with Crippen LogP contribution in [-0.2, 0) is 9.53 Å². The summed E-state index contributed by atoms with van der Waals surface area (Å²) in [5.74, 6) is -0.170. The standard InChI is InChI=1S/C16H19N3O3/c1-3-7-19-13-8-18(9-14(13)22-10-15(19)20)16(21)12-6-4-5-11(2)17-12/h3-6,13-14H,1,7-10H2,2H3/t13-,14-/m0/s1. The summed E-state index contributed by atoms with van der Waals surface area (Å²) in [7, 11) is 0. The van der Waals surface area contributed by atoms with Gasteiger partial charge in [-0.15, -0.1) is 6.58 Å². The Morgan fingerprint density at radius 2 is 2.32 bits per heavy atom. The number of likely N-dealkylation sites (tertiary alicyclic amines) is 1. The Kier molecular flexibility index (Phi) is 3.94. The van der Waals surface area contributed by atoms with Crippen LogP contribution in [0.3, 0.4) is 0 Å². The van der Waals surface area contributed by atoms with Crippen LogP contribution in [-0.4, -0.2) is 65.0 Å². The summed E-state index contributed by atoms with van der Waals surface area (Å²) < 4.78 is 5.59. The van der Waals surface area contributed by atoms with E-state index >= 15 is 0 Å². The number of pyridine rings is 1. The number of amides is 2. The highest BCUT2D eigenvalue weighted by atomic mass is 16.5. The second kappa shape index (κ2) is 5.88. The van der Waals surface area contributed by atoms with Crippen LogP contribution in [0.1, 0.15) is 16.2 Å². The molecule has 1 aromatic heterocycles. The molecule has 0 aromatic carbocycles. The van der Waals surface area contributed by atoms with Gasteiger partial charge in [0.1, 0.15) is 12.3 Å². The lowest BCUT2D eigenvalue weighted by Crippen LogP contribution is -2.53. The molecule has 3 heterocycles. The van der Waals surface area contributed by atoms with Gasteiger partial charge in [-0.3, -0.25) is 9.59 Å². The summed E-state index contributed by atoms with van der Waals surface area (Å²) >= 11 is 0. The summed E-state index contributed by atoms with van der Waals surface area (Å²) in [5, 5.41) is 0. The third kappa shape index (κ3) is 2.62. The molecule has 2 aliphatic heterocycles. The van der Waals surface area contributed by atoms with Crippen LogP contribution in [0.5, 0.6) is 0 Å². The Bertz CT molecular complexity index is 616. The molecule has 2 atom stereocenters. The molecule has 6 heteroatoms. The van der Waals surface area contributed by atoms with Crippen molar-refractivity contribution in [2.24, 2.45) is 0 Å². The van der Waals surface area contributed by atoms with Gasteiger partial charge in [0.05, 0.1) is 12.1 Å². The second-order valence-electron chi connectivity index (χ2n) is 5.63. The Morgan fingerprint density at radius 3 is 3.05 bits per heavy atom. The van der Waals surface area contributed by atoms with E-state index in [0.717, 1.165) is 5.69 Å². The second-order valence-corrected chi connectivity index (χ2v) is 5.63. The fraction of sp³-hybridized carbons (Fsp3) is 0.438. The third-order valence-electron chi connectivity index (χ3n) is 4.10. The molecule has 116 valence electrons. The maximum Gasteiger partial charge on any atom is 0.272 e. The van der Waals surface area contributed by atoms with Crippen molar-refractivity contribution in [3.8, 4) is 0 Å². The van der Waals surface area contributed by atoms with Crippen LogP contribution in [0.25, 0.3) is 0 Å². The summed E-state index contributed by atoms with van der Waals surface area (Å²) in [6.45, 7) is 7.05. The predicted octanol–water partition coefficient (Wildman–Crippen LogP) is 0.628. The number of nitrogens with zero attached hydrogens (tertiary/aromatic N) is 3. The summed E-state index contributed by atoms with van der Waals surface area (Å²) in [6.07, 6.45) is 1.57. The maximum atomic E-state index is 12.6. The highest BCUT2D eigenvalue weighted by molar-refractivity contribution is 5.92. The molecule has 0 bridgehead atoms. The van der Waals surface area contributed by atoms with Gasteiger partial charge >= 0.3 is 0 Å². The van der Waals surface area contributed by atoms with E-state index in [9.17, 15) is 9.59 Å². The molecule has 3 rings (SSSR count). The number of carbonyl (C=O) groups is 2. The largest absolute Gasteiger partial charge is 0.364 e. The number of morpholine rings is 1. The van der Waals surface area contributed by atoms with E-state index in [2.05, 4.69) is 11.6 Å². The van der Waals surface area contributed by atoms with Crippen LogP contribution in [0.4, 0.5) is 0 Å². The lowest BCUT2D eigenvalue weighted by atomic mass is 10.1. The van der Waals surface area contributed by atoms with Crippen molar-refractivity contribution >= 4 is 11.8 Å². The summed E-state index contributed by atoms with van der Waals surface area (Å²) in [5.41, 5.74) is 1.24. The minimum atomic E-state index is -0.133. The molecule has 0 aliphatic carbocycles. The van der Waals surface area contributed by atoms with Gasteiger partial charge in [0.15, 0.2) is 0 Å². The van der Waals surface area contributed by atoms with Crippen molar-refractivity contribution < 1.29 is 14.3 Å². The van der Waals surface area contributed by atoms with Crippen LogP contribution in [0.15, 0.2) is 30.9 Å². The third-order valence-corrected chi connectivity index (χ3v) is 4.10. The van der Waals surface area contributed by atoms with Gasteiger partial charge in [0.25, 0.3) is 5.91 Å². The van der Waals surface area contributed by atoms with E-state index in [1.807, 2.05) is 19.1 Å². The molecule has 0 saturated carbocycles. The Balaban J connectivity index is 1.77. The molecule has 6 nitrogen and oxygen atoms in total. The van der Waals surface area contributed by atoms with Crippen molar-refractivity contribution in [2.75, 3.05) is 26.2 Å². The number of hydrogen-bond donors (Lipinski definition) is 0. The van der Waals surface area contributed by atoms with E-state index in [1.54, 1.807) is 21.9 Å². The molecule has 2 fully saturated rings. The van der Waals surface area contributed by atoms with Gasteiger partial charge in [-0.2, -0.15) is 0 Å². The highest BCUT2D eigenvalue weighted by Crippen LogP contribution is 2.24. The molecule has 22 heavy (non-hydrogen) atoms. The number of aromatic nitrogens is 1. The molecule has 2 aliphatic rings. The first kappa shape index (κ1) is 14.7. The van der Waals surface area contributed by atoms with Crippen LogP contribution >= 0.6 is 0 Å². The van der Waals surface area contributed by atoms with Crippen molar-refractivity contribution in [3.63, 3.8) is 0 Å². The monoisotopic (exact) mass is 301 g/mol. The molecule has 1 aromatic rings. The van der Waals surface area contributed by atoms with Gasteiger partial charge in [0.2, 0.25) is 5.91 Å². The predicted molar refractivity (Wildman–Crippen MR) is 80.3 cm³/mol. The topological polar surface area (TPSA) is 62.7 Å². The van der Waals surface area contributed by atoms with Crippen LogP contribution in [0, 0.1) is 6.92 Å². The summed E-state index contributed by atoms with van der Waals surface area (Å²) in [4.78, 5) is 32.3. The van der Waals surface area contributed by atoms with E-state index in [4.69, 9.17) is 4.74 Å². The van der Waals surface area contributed by atoms with Crippen molar-refractivity contribution in [1.82, 2.24) is 14.8 Å². The first-order valence-corrected chi connectivity index (χ1v) is 7.35. The highest BCUT2D eigenvalue weighted by Gasteiger charge is 2.44. The minimum absolute atomic E-state index is 0.0517. The van der Waals surface area contributed by atoms with Crippen molar-refractivity contribution in [2.45, 2.75) is 19.1 Å². The van der Waals surface area contributed by atoms with Gasteiger partial charge in [-0.05, 0) is 19.1 Å². The maximum absolute atomic E-state index is 12.6. The first-order valence-electron chi connectivity index (χ1n) is 7.35. The normalized spacial score (nSPS) is 24.3.